The molecule has 1 amide bonds. The fraction of sp³-hybridized carbons (Fsp3) is 0.556. The highest BCUT2D eigenvalue weighted by Gasteiger charge is 2.03. The maximum absolute atomic E-state index is 11.3. The summed E-state index contributed by atoms with van der Waals surface area (Å²) in [7, 11) is 0. The second-order valence-electron chi connectivity index (χ2n) is 3.13. The van der Waals surface area contributed by atoms with Gasteiger partial charge in [-0.05, 0) is 6.42 Å². The van der Waals surface area contributed by atoms with Gasteiger partial charge in [-0.1, -0.05) is 25.1 Å². The lowest BCUT2D eigenvalue weighted by Gasteiger charge is -2.02. The molecule has 0 aromatic carbocycles. The molecular weight excluding hydrogens is 228 g/mol. The number of unbranched alkanes of at least 4 members (excludes halogenated alkanes) is 1. The predicted octanol–water partition coefficient (Wildman–Crippen LogP) is 0.173. The highest BCUT2D eigenvalue weighted by Crippen LogP contribution is 2.07. The molecule has 0 radical (unpaired) electrons. The van der Waals surface area contributed by atoms with E-state index in [9.17, 15) is 9.59 Å². The number of aromatic amines is 1. The molecule has 1 aromatic heterocycles. The van der Waals surface area contributed by atoms with Crippen LogP contribution in [0.5, 0.6) is 0 Å². The molecule has 0 aliphatic heterocycles. The van der Waals surface area contributed by atoms with Crippen LogP contribution in [0.3, 0.4) is 0 Å². The molecule has 1 rings (SSSR count). The van der Waals surface area contributed by atoms with Crippen LogP contribution in [0.25, 0.3) is 0 Å². The number of hydrogen-bond acceptors (Lipinski definition) is 5. The van der Waals surface area contributed by atoms with Gasteiger partial charge in [0.15, 0.2) is 5.16 Å². The summed E-state index contributed by atoms with van der Waals surface area (Å²) in [6.45, 7) is 2.75. The first-order valence-corrected chi connectivity index (χ1v) is 6.02. The van der Waals surface area contributed by atoms with Crippen molar-refractivity contribution in [3.8, 4) is 0 Å². The number of H-pyrrole nitrogens is 1. The van der Waals surface area contributed by atoms with Crippen molar-refractivity contribution in [3.63, 3.8) is 0 Å². The van der Waals surface area contributed by atoms with E-state index in [1.807, 2.05) is 0 Å². The van der Waals surface area contributed by atoms with Crippen LogP contribution in [0.4, 0.5) is 0 Å². The Morgan fingerprint density at radius 3 is 3.12 bits per heavy atom. The fourth-order valence-electron chi connectivity index (χ4n) is 0.951. The van der Waals surface area contributed by atoms with Gasteiger partial charge in [0.2, 0.25) is 5.91 Å². The minimum atomic E-state index is -0.316. The van der Waals surface area contributed by atoms with Gasteiger partial charge in [0.05, 0.1) is 5.75 Å². The van der Waals surface area contributed by atoms with Crippen LogP contribution in [0.2, 0.25) is 0 Å². The lowest BCUT2D eigenvalue weighted by molar-refractivity contribution is -0.118. The maximum atomic E-state index is 11.3. The first kappa shape index (κ1) is 12.7. The van der Waals surface area contributed by atoms with Crippen LogP contribution in [0, 0.1) is 0 Å². The molecule has 0 aliphatic rings. The molecule has 2 N–H and O–H groups in total. The Balaban J connectivity index is 2.29. The third-order valence-electron chi connectivity index (χ3n) is 1.75. The van der Waals surface area contributed by atoms with E-state index in [2.05, 4.69) is 27.4 Å². The van der Waals surface area contributed by atoms with Gasteiger partial charge in [0.1, 0.15) is 6.20 Å². The number of carbonyl (C=O) groups is 1. The number of nitrogens with one attached hydrogen (secondary N) is 2. The Morgan fingerprint density at radius 2 is 2.44 bits per heavy atom. The molecule has 0 bridgehead atoms. The maximum Gasteiger partial charge on any atom is 0.270 e. The summed E-state index contributed by atoms with van der Waals surface area (Å²) < 4.78 is 0. The summed E-state index contributed by atoms with van der Waals surface area (Å²) in [5.41, 5.74) is -0.316. The molecule has 7 heteroatoms. The molecular formula is C9H14N4O2S. The van der Waals surface area contributed by atoms with Crippen LogP contribution in [0.1, 0.15) is 19.8 Å². The molecule has 0 atom stereocenters. The topological polar surface area (TPSA) is 87.7 Å². The van der Waals surface area contributed by atoms with Crippen LogP contribution >= 0.6 is 11.8 Å². The number of aromatic nitrogens is 3. The minimum Gasteiger partial charge on any atom is -0.355 e. The largest absolute Gasteiger partial charge is 0.355 e. The number of hydrogen-bond donors (Lipinski definition) is 2. The second-order valence-corrected chi connectivity index (χ2v) is 4.10. The van der Waals surface area contributed by atoms with E-state index in [4.69, 9.17) is 0 Å². The summed E-state index contributed by atoms with van der Waals surface area (Å²) in [6.07, 6.45) is 3.11. The van der Waals surface area contributed by atoms with Crippen molar-refractivity contribution in [2.45, 2.75) is 24.9 Å². The van der Waals surface area contributed by atoms with Gasteiger partial charge < -0.3 is 5.32 Å². The van der Waals surface area contributed by atoms with Gasteiger partial charge in [-0.25, -0.2) is 0 Å². The highest BCUT2D eigenvalue weighted by atomic mass is 32.2. The second kappa shape index (κ2) is 7.00. The number of amides is 1. The highest BCUT2D eigenvalue weighted by molar-refractivity contribution is 7.99. The Labute approximate surface area is 97.2 Å². The predicted molar refractivity (Wildman–Crippen MR) is 61.3 cm³/mol. The van der Waals surface area contributed by atoms with Crippen molar-refractivity contribution in [2.24, 2.45) is 0 Å². The van der Waals surface area contributed by atoms with Crippen molar-refractivity contribution >= 4 is 17.7 Å². The number of rotatable bonds is 6. The van der Waals surface area contributed by atoms with Gasteiger partial charge in [-0.15, -0.1) is 5.10 Å². The Kier molecular flexibility index (Phi) is 5.55. The van der Waals surface area contributed by atoms with Gasteiger partial charge in [0.25, 0.3) is 5.56 Å². The SMILES string of the molecule is CCCCNC(=O)CSc1nncc(=O)[nH]1. The quantitative estimate of drug-likeness (QED) is 0.548. The molecule has 1 heterocycles. The average molecular weight is 242 g/mol. The molecule has 88 valence electrons. The average Bonchev–Trinajstić information content (AvgIpc) is 2.27. The molecule has 0 unspecified atom stereocenters. The fourth-order valence-corrected chi connectivity index (χ4v) is 1.60. The van der Waals surface area contributed by atoms with Gasteiger partial charge in [0, 0.05) is 6.54 Å². The Morgan fingerprint density at radius 1 is 1.62 bits per heavy atom. The van der Waals surface area contributed by atoms with E-state index < -0.39 is 0 Å². The van der Waals surface area contributed by atoms with Crippen molar-refractivity contribution in [1.29, 1.82) is 0 Å². The summed E-state index contributed by atoms with van der Waals surface area (Å²) in [6, 6.07) is 0. The van der Waals surface area contributed by atoms with Gasteiger partial charge >= 0.3 is 0 Å². The Hall–Kier alpha value is -1.37. The first-order valence-electron chi connectivity index (χ1n) is 5.04. The van der Waals surface area contributed by atoms with Gasteiger partial charge in [-0.3, -0.25) is 14.6 Å². The molecule has 0 saturated heterocycles. The zero-order valence-corrected chi connectivity index (χ0v) is 9.84. The molecule has 1 aromatic rings. The van der Waals surface area contributed by atoms with E-state index in [0.717, 1.165) is 30.8 Å². The number of thioether (sulfide) groups is 1. The summed E-state index contributed by atoms with van der Waals surface area (Å²) in [5.74, 6) is 0.170. The summed E-state index contributed by atoms with van der Waals surface area (Å²) in [5, 5.41) is 10.3. The minimum absolute atomic E-state index is 0.0649. The van der Waals surface area contributed by atoms with E-state index in [0.29, 0.717) is 11.7 Å². The lowest BCUT2D eigenvalue weighted by atomic mass is 10.3. The smallest absolute Gasteiger partial charge is 0.270 e. The van der Waals surface area contributed by atoms with Crippen LogP contribution in [0.15, 0.2) is 16.1 Å². The van der Waals surface area contributed by atoms with Crippen LogP contribution in [-0.2, 0) is 4.79 Å². The first-order chi connectivity index (χ1) is 7.72. The Bertz CT molecular complexity index is 393. The third-order valence-corrected chi connectivity index (χ3v) is 2.61. The normalized spacial score (nSPS) is 10.1. The van der Waals surface area contributed by atoms with Crippen molar-refractivity contribution < 1.29 is 4.79 Å². The molecule has 0 aliphatic carbocycles. The zero-order valence-electron chi connectivity index (χ0n) is 9.02. The molecule has 0 saturated carbocycles. The summed E-state index contributed by atoms with van der Waals surface area (Å²) >= 11 is 1.16. The number of nitrogens with zero attached hydrogens (tertiary/aromatic N) is 2. The van der Waals surface area contributed by atoms with Crippen molar-refractivity contribution in [1.82, 2.24) is 20.5 Å². The van der Waals surface area contributed by atoms with E-state index in [1.54, 1.807) is 0 Å². The standard InChI is InChI=1S/C9H14N4O2S/c1-2-3-4-10-8(15)6-16-9-12-7(14)5-11-13-9/h5H,2-4,6H2,1H3,(H,10,15)(H,12,13,14). The number of carbonyl (C=O) groups excluding carboxylic acids is 1. The van der Waals surface area contributed by atoms with Gasteiger partial charge in [-0.2, -0.15) is 5.10 Å². The van der Waals surface area contributed by atoms with E-state index >= 15 is 0 Å². The van der Waals surface area contributed by atoms with Crippen LogP contribution in [-0.4, -0.2) is 33.4 Å². The van der Waals surface area contributed by atoms with Crippen molar-refractivity contribution in [3.05, 3.63) is 16.6 Å². The van der Waals surface area contributed by atoms with E-state index in [1.165, 1.54) is 0 Å². The van der Waals surface area contributed by atoms with Crippen LogP contribution < -0.4 is 10.9 Å². The summed E-state index contributed by atoms with van der Waals surface area (Å²) in [4.78, 5) is 24.7. The molecule has 16 heavy (non-hydrogen) atoms. The monoisotopic (exact) mass is 242 g/mol. The molecule has 6 nitrogen and oxygen atoms in total. The third kappa shape index (κ3) is 4.92. The zero-order chi connectivity index (χ0) is 11.8. The lowest BCUT2D eigenvalue weighted by Crippen LogP contribution is -2.26. The van der Waals surface area contributed by atoms with Crippen molar-refractivity contribution in [2.75, 3.05) is 12.3 Å². The van der Waals surface area contributed by atoms with E-state index in [-0.39, 0.29) is 17.2 Å². The molecule has 0 fully saturated rings. The molecule has 0 spiro atoms.